The third-order valence-corrected chi connectivity index (χ3v) is 2.27. The van der Waals surface area contributed by atoms with Crippen LogP contribution in [0.15, 0.2) is 12.7 Å². The van der Waals surface area contributed by atoms with Crippen molar-refractivity contribution in [1.82, 2.24) is 15.5 Å². The number of aliphatic hydroxyl groups excluding tert-OH is 1. The van der Waals surface area contributed by atoms with Crippen LogP contribution in [-0.4, -0.2) is 55.2 Å². The van der Waals surface area contributed by atoms with Crippen LogP contribution >= 0.6 is 0 Å². The molecule has 6 nitrogen and oxygen atoms in total. The molecule has 6 heteroatoms. The number of likely N-dealkylation sites (N-methyl/N-ethyl adjacent to an activating group) is 1. The quantitative estimate of drug-likeness (QED) is 0.404. The summed E-state index contributed by atoms with van der Waals surface area (Å²) in [6, 6.07) is -0.506. The monoisotopic (exact) mass is 257 g/mol. The Labute approximate surface area is 108 Å². The summed E-state index contributed by atoms with van der Waals surface area (Å²) in [6.07, 6.45) is 4.18. The first-order valence-corrected chi connectivity index (χ1v) is 6.08. The van der Waals surface area contributed by atoms with Crippen LogP contribution < -0.4 is 10.6 Å². The molecule has 0 heterocycles. The number of urea groups is 1. The molecule has 0 fully saturated rings. The maximum absolute atomic E-state index is 11.4. The van der Waals surface area contributed by atoms with Gasteiger partial charge in [0.1, 0.15) is 0 Å². The maximum Gasteiger partial charge on any atom is 0.321 e. The SMILES string of the molecule is C=CCNC(=O)NC(=O)CN(C)CCCCCO. The highest BCUT2D eigenvalue weighted by atomic mass is 16.3. The molecule has 0 bridgehead atoms. The number of hydrogen-bond donors (Lipinski definition) is 3. The second-order valence-electron chi connectivity index (χ2n) is 4.07. The molecule has 0 saturated heterocycles. The average molecular weight is 257 g/mol. The van der Waals surface area contributed by atoms with Crippen LogP contribution in [0.3, 0.4) is 0 Å². The molecule has 0 aliphatic heterocycles. The fourth-order valence-corrected chi connectivity index (χ4v) is 1.37. The van der Waals surface area contributed by atoms with Crippen LogP contribution in [0.4, 0.5) is 4.79 Å². The maximum atomic E-state index is 11.4. The van der Waals surface area contributed by atoms with Gasteiger partial charge >= 0.3 is 6.03 Å². The van der Waals surface area contributed by atoms with Crippen molar-refractivity contribution in [2.45, 2.75) is 19.3 Å². The predicted molar refractivity (Wildman–Crippen MR) is 70.2 cm³/mol. The Kier molecular flexibility index (Phi) is 9.90. The molecule has 0 atom stereocenters. The lowest BCUT2D eigenvalue weighted by molar-refractivity contribution is -0.120. The van der Waals surface area contributed by atoms with Crippen LogP contribution in [0, 0.1) is 0 Å². The molecule has 104 valence electrons. The van der Waals surface area contributed by atoms with E-state index < -0.39 is 6.03 Å². The van der Waals surface area contributed by atoms with E-state index in [2.05, 4.69) is 17.2 Å². The second kappa shape index (κ2) is 10.7. The Balaban J connectivity index is 3.66. The Hall–Kier alpha value is -1.40. The number of aliphatic hydroxyl groups is 1. The van der Waals surface area contributed by atoms with Crippen molar-refractivity contribution in [2.75, 3.05) is 33.3 Å². The van der Waals surface area contributed by atoms with E-state index in [0.29, 0.717) is 6.54 Å². The zero-order valence-corrected chi connectivity index (χ0v) is 10.9. The normalized spacial score (nSPS) is 10.2. The summed E-state index contributed by atoms with van der Waals surface area (Å²) < 4.78 is 0. The highest BCUT2D eigenvalue weighted by Gasteiger charge is 2.09. The van der Waals surface area contributed by atoms with Crippen LogP contribution in [0.5, 0.6) is 0 Å². The number of nitrogens with zero attached hydrogens (tertiary/aromatic N) is 1. The molecule has 0 radical (unpaired) electrons. The minimum absolute atomic E-state index is 0.181. The molecular weight excluding hydrogens is 234 g/mol. The van der Waals surface area contributed by atoms with E-state index in [-0.39, 0.29) is 19.1 Å². The van der Waals surface area contributed by atoms with Crippen molar-refractivity contribution >= 4 is 11.9 Å². The number of nitrogens with one attached hydrogen (secondary N) is 2. The first-order valence-electron chi connectivity index (χ1n) is 6.08. The van der Waals surface area contributed by atoms with E-state index in [1.807, 2.05) is 11.9 Å². The molecule has 0 spiro atoms. The van der Waals surface area contributed by atoms with E-state index in [4.69, 9.17) is 5.11 Å². The molecule has 0 aromatic rings. The van der Waals surface area contributed by atoms with E-state index in [1.54, 1.807) is 0 Å². The molecule has 0 saturated carbocycles. The van der Waals surface area contributed by atoms with Gasteiger partial charge in [-0.1, -0.05) is 6.08 Å². The third kappa shape index (κ3) is 9.80. The Bertz CT molecular complexity index is 269. The number of carbonyl (C=O) groups is 2. The van der Waals surface area contributed by atoms with Gasteiger partial charge in [0.05, 0.1) is 6.54 Å². The zero-order valence-electron chi connectivity index (χ0n) is 10.9. The molecule has 0 unspecified atom stereocenters. The van der Waals surface area contributed by atoms with Crippen molar-refractivity contribution < 1.29 is 14.7 Å². The molecule has 0 aliphatic rings. The van der Waals surface area contributed by atoms with E-state index in [9.17, 15) is 9.59 Å². The second-order valence-corrected chi connectivity index (χ2v) is 4.07. The molecule has 0 rings (SSSR count). The van der Waals surface area contributed by atoms with E-state index >= 15 is 0 Å². The first-order chi connectivity index (χ1) is 8.60. The van der Waals surface area contributed by atoms with Crippen molar-refractivity contribution in [2.24, 2.45) is 0 Å². The third-order valence-electron chi connectivity index (χ3n) is 2.27. The number of carbonyl (C=O) groups excluding carboxylic acids is 2. The number of amides is 3. The zero-order chi connectivity index (χ0) is 13.8. The fourth-order valence-electron chi connectivity index (χ4n) is 1.37. The molecule has 0 aromatic carbocycles. The van der Waals surface area contributed by atoms with Gasteiger partial charge < -0.3 is 10.4 Å². The van der Waals surface area contributed by atoms with Gasteiger partial charge in [0.2, 0.25) is 5.91 Å². The molecule has 0 aromatic heterocycles. The largest absolute Gasteiger partial charge is 0.396 e. The summed E-state index contributed by atoms with van der Waals surface area (Å²) in [7, 11) is 1.82. The molecule has 0 aliphatic carbocycles. The minimum Gasteiger partial charge on any atom is -0.396 e. The van der Waals surface area contributed by atoms with Crippen molar-refractivity contribution in [3.8, 4) is 0 Å². The lowest BCUT2D eigenvalue weighted by atomic mass is 10.2. The summed E-state index contributed by atoms with van der Waals surface area (Å²) in [4.78, 5) is 24.4. The van der Waals surface area contributed by atoms with Crippen molar-refractivity contribution in [3.05, 3.63) is 12.7 Å². The van der Waals surface area contributed by atoms with Gasteiger partial charge in [0.15, 0.2) is 0 Å². The Morgan fingerprint density at radius 1 is 1.33 bits per heavy atom. The van der Waals surface area contributed by atoms with Gasteiger partial charge in [-0.25, -0.2) is 4.79 Å². The molecular formula is C12H23N3O3. The predicted octanol–water partition coefficient (Wildman–Crippen LogP) is 0.0926. The molecule has 18 heavy (non-hydrogen) atoms. The Morgan fingerprint density at radius 2 is 2.06 bits per heavy atom. The van der Waals surface area contributed by atoms with E-state index in [1.165, 1.54) is 6.08 Å². The fraction of sp³-hybridized carbons (Fsp3) is 0.667. The Morgan fingerprint density at radius 3 is 2.67 bits per heavy atom. The van der Waals surface area contributed by atoms with Gasteiger partial charge in [-0.2, -0.15) is 0 Å². The lowest BCUT2D eigenvalue weighted by Crippen LogP contribution is -2.43. The smallest absolute Gasteiger partial charge is 0.321 e. The summed E-state index contributed by atoms with van der Waals surface area (Å²) >= 11 is 0. The number of imide groups is 1. The number of hydrogen-bond acceptors (Lipinski definition) is 4. The minimum atomic E-state index is -0.506. The number of unbranched alkanes of at least 4 members (excludes halogenated alkanes) is 2. The number of rotatable bonds is 9. The highest BCUT2D eigenvalue weighted by molar-refractivity contribution is 5.95. The average Bonchev–Trinajstić information content (AvgIpc) is 2.31. The topological polar surface area (TPSA) is 81.7 Å². The molecule has 3 amide bonds. The van der Waals surface area contributed by atoms with Gasteiger partial charge in [-0.3, -0.25) is 15.0 Å². The molecule has 3 N–H and O–H groups in total. The van der Waals surface area contributed by atoms with Crippen molar-refractivity contribution in [1.29, 1.82) is 0 Å². The summed E-state index contributed by atoms with van der Waals surface area (Å²) in [5.41, 5.74) is 0. The summed E-state index contributed by atoms with van der Waals surface area (Å²) in [5, 5.41) is 13.3. The summed E-state index contributed by atoms with van der Waals surface area (Å²) in [6.45, 7) is 4.93. The van der Waals surface area contributed by atoms with Crippen LogP contribution in [0.2, 0.25) is 0 Å². The summed E-state index contributed by atoms with van der Waals surface area (Å²) in [5.74, 6) is -0.332. The lowest BCUT2D eigenvalue weighted by Gasteiger charge is -2.15. The van der Waals surface area contributed by atoms with Crippen LogP contribution in [0.1, 0.15) is 19.3 Å². The van der Waals surface area contributed by atoms with Gasteiger partial charge in [0, 0.05) is 13.2 Å². The van der Waals surface area contributed by atoms with Crippen molar-refractivity contribution in [3.63, 3.8) is 0 Å². The standard InChI is InChI=1S/C12H23N3O3/c1-3-7-13-12(18)14-11(17)10-15(2)8-5-4-6-9-16/h3,16H,1,4-10H2,2H3,(H2,13,14,17,18). The van der Waals surface area contributed by atoms with Gasteiger partial charge in [0.25, 0.3) is 0 Å². The van der Waals surface area contributed by atoms with E-state index in [0.717, 1.165) is 25.8 Å². The van der Waals surface area contributed by atoms with Crippen LogP contribution in [0.25, 0.3) is 0 Å². The highest BCUT2D eigenvalue weighted by Crippen LogP contribution is 1.96. The van der Waals surface area contributed by atoms with Gasteiger partial charge in [-0.15, -0.1) is 6.58 Å². The first kappa shape index (κ1) is 16.6. The van der Waals surface area contributed by atoms with Crippen LogP contribution in [-0.2, 0) is 4.79 Å². The van der Waals surface area contributed by atoms with Gasteiger partial charge in [-0.05, 0) is 32.9 Å².